The van der Waals surface area contributed by atoms with E-state index in [2.05, 4.69) is 49.1 Å². The van der Waals surface area contributed by atoms with Crippen LogP contribution in [-0.4, -0.2) is 0 Å². The van der Waals surface area contributed by atoms with Crippen molar-refractivity contribution in [3.05, 3.63) is 59.7 Å². The van der Waals surface area contributed by atoms with E-state index in [1.54, 1.807) is 0 Å². The van der Waals surface area contributed by atoms with Crippen LogP contribution in [0.2, 0.25) is 0 Å². The van der Waals surface area contributed by atoms with Crippen molar-refractivity contribution in [3.8, 4) is 29.0 Å². The van der Waals surface area contributed by atoms with Crippen molar-refractivity contribution in [2.24, 2.45) is 11.8 Å². The molecule has 2 aromatic carbocycles. The number of hydrogen-bond donors (Lipinski definition) is 0. The van der Waals surface area contributed by atoms with Crippen LogP contribution in [0, 0.1) is 35.0 Å². The fourth-order valence-electron chi connectivity index (χ4n) is 3.67. The minimum atomic E-state index is 0.575. The highest BCUT2D eigenvalue weighted by Crippen LogP contribution is 2.31. The first-order chi connectivity index (χ1) is 12.3. The summed E-state index contributed by atoms with van der Waals surface area (Å²) >= 11 is 0. The Morgan fingerprint density at radius 2 is 1.40 bits per heavy atom. The van der Waals surface area contributed by atoms with Crippen molar-refractivity contribution in [1.82, 2.24) is 0 Å². The summed E-state index contributed by atoms with van der Waals surface area (Å²) in [5, 5.41) is 8.88. The molecule has 0 amide bonds. The zero-order chi connectivity index (χ0) is 17.5. The molecular weight excluding hydrogens is 302 g/mol. The summed E-state index contributed by atoms with van der Waals surface area (Å²) in [4.78, 5) is 0. The summed E-state index contributed by atoms with van der Waals surface area (Å²) < 4.78 is 0. The van der Waals surface area contributed by atoms with Gasteiger partial charge in [-0.2, -0.15) is 5.26 Å². The molecular formula is C24H25N. The molecule has 0 heterocycles. The maximum Gasteiger partial charge on any atom is 0.0991 e. The van der Waals surface area contributed by atoms with Gasteiger partial charge in [0.05, 0.1) is 11.6 Å². The standard InChI is InChI=1S/C24H25N/c1-2-3-19-4-6-20(7-5-19)8-9-21-10-14-23(15-11-21)24-16-12-22(18-25)13-17-24/h10-17,19-20H,2-7H2,1H3/t19-,20-. The Morgan fingerprint density at radius 3 is 1.92 bits per heavy atom. The first-order valence-corrected chi connectivity index (χ1v) is 9.40. The van der Waals surface area contributed by atoms with Crippen molar-refractivity contribution in [2.45, 2.75) is 45.4 Å². The third-order valence-corrected chi connectivity index (χ3v) is 5.20. The van der Waals surface area contributed by atoms with Crippen LogP contribution in [0.5, 0.6) is 0 Å². The lowest BCUT2D eigenvalue weighted by Crippen LogP contribution is -2.13. The van der Waals surface area contributed by atoms with Crippen molar-refractivity contribution >= 4 is 0 Å². The first kappa shape index (κ1) is 17.3. The van der Waals surface area contributed by atoms with E-state index in [0.717, 1.165) is 22.6 Å². The monoisotopic (exact) mass is 327 g/mol. The van der Waals surface area contributed by atoms with Gasteiger partial charge >= 0.3 is 0 Å². The highest BCUT2D eigenvalue weighted by Gasteiger charge is 2.18. The van der Waals surface area contributed by atoms with E-state index < -0.39 is 0 Å². The van der Waals surface area contributed by atoms with Gasteiger partial charge in [0, 0.05) is 11.5 Å². The van der Waals surface area contributed by atoms with E-state index in [0.29, 0.717) is 11.5 Å². The molecule has 1 aliphatic carbocycles. The van der Waals surface area contributed by atoms with Gasteiger partial charge in [-0.05, 0) is 67.0 Å². The SMILES string of the molecule is CCC[C@H]1CC[C@H](C#Cc2ccc(-c3ccc(C#N)cc3)cc2)CC1. The Hall–Kier alpha value is -2.51. The molecule has 1 saturated carbocycles. The smallest absolute Gasteiger partial charge is 0.0991 e. The third kappa shape index (κ3) is 4.74. The lowest BCUT2D eigenvalue weighted by Gasteiger charge is -2.25. The molecule has 1 nitrogen and oxygen atoms in total. The number of rotatable bonds is 3. The van der Waals surface area contributed by atoms with Crippen molar-refractivity contribution in [1.29, 1.82) is 5.26 Å². The normalized spacial score (nSPS) is 19.5. The molecule has 1 fully saturated rings. The van der Waals surface area contributed by atoms with E-state index >= 15 is 0 Å². The Bertz CT molecular complexity index is 773. The average molecular weight is 327 g/mol. The number of hydrogen-bond acceptors (Lipinski definition) is 1. The highest BCUT2D eigenvalue weighted by molar-refractivity contribution is 5.65. The average Bonchev–Trinajstić information content (AvgIpc) is 2.68. The van der Waals surface area contributed by atoms with Crippen LogP contribution in [0.25, 0.3) is 11.1 Å². The summed E-state index contributed by atoms with van der Waals surface area (Å²) in [6.45, 7) is 2.29. The van der Waals surface area contributed by atoms with Gasteiger partial charge in [-0.15, -0.1) is 0 Å². The van der Waals surface area contributed by atoms with Crippen LogP contribution >= 0.6 is 0 Å². The Balaban J connectivity index is 1.61. The van der Waals surface area contributed by atoms with E-state index in [-0.39, 0.29) is 0 Å². The predicted octanol–water partition coefficient (Wildman–Crippen LogP) is 6.18. The predicted molar refractivity (Wildman–Crippen MR) is 104 cm³/mol. The summed E-state index contributed by atoms with van der Waals surface area (Å²) in [7, 11) is 0. The Kier molecular flexibility index (Phi) is 5.92. The zero-order valence-corrected chi connectivity index (χ0v) is 15.0. The zero-order valence-electron chi connectivity index (χ0n) is 15.0. The Labute approximate surface area is 151 Å². The quantitative estimate of drug-likeness (QED) is 0.617. The fourth-order valence-corrected chi connectivity index (χ4v) is 3.67. The number of nitrogens with zero attached hydrogens (tertiary/aromatic N) is 1. The second-order valence-electron chi connectivity index (χ2n) is 7.04. The molecule has 0 saturated heterocycles. The van der Waals surface area contributed by atoms with Gasteiger partial charge in [-0.3, -0.25) is 0 Å². The minimum absolute atomic E-state index is 0.575. The number of benzene rings is 2. The molecule has 3 rings (SSSR count). The lowest BCUT2D eigenvalue weighted by atomic mass is 9.80. The molecule has 25 heavy (non-hydrogen) atoms. The summed E-state index contributed by atoms with van der Waals surface area (Å²) in [5.74, 6) is 8.37. The maximum absolute atomic E-state index is 8.88. The maximum atomic E-state index is 8.88. The molecule has 1 heteroatoms. The van der Waals surface area contributed by atoms with Crippen LogP contribution in [0.1, 0.15) is 56.6 Å². The minimum Gasteiger partial charge on any atom is -0.192 e. The van der Waals surface area contributed by atoms with Crippen LogP contribution in [-0.2, 0) is 0 Å². The van der Waals surface area contributed by atoms with Crippen LogP contribution < -0.4 is 0 Å². The highest BCUT2D eigenvalue weighted by atomic mass is 14.2. The third-order valence-electron chi connectivity index (χ3n) is 5.20. The van der Waals surface area contributed by atoms with E-state index in [9.17, 15) is 0 Å². The van der Waals surface area contributed by atoms with Crippen molar-refractivity contribution in [2.75, 3.05) is 0 Å². The largest absolute Gasteiger partial charge is 0.192 e. The molecule has 0 bridgehead atoms. The van der Waals surface area contributed by atoms with E-state index in [1.165, 1.54) is 38.5 Å². The molecule has 0 atom stereocenters. The molecule has 0 spiro atoms. The summed E-state index contributed by atoms with van der Waals surface area (Å²) in [6, 6.07) is 18.3. The summed E-state index contributed by atoms with van der Waals surface area (Å²) in [6.07, 6.45) is 7.93. The second-order valence-corrected chi connectivity index (χ2v) is 7.04. The summed E-state index contributed by atoms with van der Waals surface area (Å²) in [5.41, 5.74) is 4.08. The molecule has 0 aliphatic heterocycles. The molecule has 0 N–H and O–H groups in total. The molecule has 126 valence electrons. The van der Waals surface area contributed by atoms with Gasteiger partial charge in [0.1, 0.15) is 0 Å². The van der Waals surface area contributed by atoms with Gasteiger partial charge in [0.2, 0.25) is 0 Å². The molecule has 2 aromatic rings. The van der Waals surface area contributed by atoms with E-state index in [4.69, 9.17) is 5.26 Å². The van der Waals surface area contributed by atoms with Gasteiger partial charge < -0.3 is 0 Å². The molecule has 0 unspecified atom stereocenters. The van der Waals surface area contributed by atoms with Crippen molar-refractivity contribution in [3.63, 3.8) is 0 Å². The van der Waals surface area contributed by atoms with Gasteiger partial charge in [-0.1, -0.05) is 55.9 Å². The first-order valence-electron chi connectivity index (χ1n) is 9.40. The topological polar surface area (TPSA) is 23.8 Å². The fraction of sp³-hybridized carbons (Fsp3) is 0.375. The number of nitriles is 1. The molecule has 0 aromatic heterocycles. The molecule has 1 aliphatic rings. The van der Waals surface area contributed by atoms with Gasteiger partial charge in [0.25, 0.3) is 0 Å². The van der Waals surface area contributed by atoms with Crippen LogP contribution in [0.3, 0.4) is 0 Å². The molecule has 0 radical (unpaired) electrons. The van der Waals surface area contributed by atoms with Gasteiger partial charge in [0.15, 0.2) is 0 Å². The van der Waals surface area contributed by atoms with E-state index in [1.807, 2.05) is 24.3 Å². The second kappa shape index (κ2) is 8.55. The lowest BCUT2D eigenvalue weighted by molar-refractivity contribution is 0.300. The van der Waals surface area contributed by atoms with Crippen LogP contribution in [0.15, 0.2) is 48.5 Å². The van der Waals surface area contributed by atoms with Crippen molar-refractivity contribution < 1.29 is 0 Å². The van der Waals surface area contributed by atoms with Gasteiger partial charge in [-0.25, -0.2) is 0 Å². The van der Waals surface area contributed by atoms with Crippen LogP contribution in [0.4, 0.5) is 0 Å². The Morgan fingerprint density at radius 1 is 0.840 bits per heavy atom.